The summed E-state index contributed by atoms with van der Waals surface area (Å²) in [5.41, 5.74) is 0. The van der Waals surface area contributed by atoms with Crippen LogP contribution in [-0.4, -0.2) is 104 Å². The minimum absolute atomic E-state index is 0.599. The van der Waals surface area contributed by atoms with Crippen LogP contribution >= 0.6 is 0 Å². The lowest BCUT2D eigenvalue weighted by molar-refractivity contribution is -0.322. The summed E-state index contributed by atoms with van der Waals surface area (Å²) in [7, 11) is 0. The minimum atomic E-state index is -2.45. The molecule has 130 valence electrons. The maximum absolute atomic E-state index is 9.84. The minimum Gasteiger partial charge on any atom is -0.388 e. The summed E-state index contributed by atoms with van der Waals surface area (Å²) in [6.45, 7) is 0.764. The van der Waals surface area contributed by atoms with E-state index in [1.807, 2.05) is 0 Å². The Hall–Kier alpha value is -0.400. The van der Waals surface area contributed by atoms with Gasteiger partial charge in [0.1, 0.15) is 42.7 Å². The van der Waals surface area contributed by atoms with Gasteiger partial charge in [0.25, 0.3) is 0 Å². The smallest absolute Gasteiger partial charge is 0.186 e. The third-order valence-electron chi connectivity index (χ3n) is 3.77. The average molecular weight is 327 g/mol. The van der Waals surface area contributed by atoms with Crippen LogP contribution in [0.15, 0.2) is 0 Å². The molecule has 2 rings (SSSR count). The van der Waals surface area contributed by atoms with Gasteiger partial charge < -0.3 is 50.0 Å². The molecule has 0 unspecified atom stereocenters. The van der Waals surface area contributed by atoms with Crippen LogP contribution in [-0.2, 0) is 14.2 Å². The molecule has 0 amide bonds. The van der Waals surface area contributed by atoms with Crippen LogP contribution in [0.3, 0.4) is 0 Å². The molecule has 10 nitrogen and oxygen atoms in total. The molecular weight excluding hydrogens is 304 g/mol. The van der Waals surface area contributed by atoms with E-state index in [1.165, 1.54) is 6.92 Å². The molecule has 7 N–H and O–H groups in total. The van der Waals surface area contributed by atoms with Crippen molar-refractivity contribution < 1.29 is 51.3 Å². The van der Waals surface area contributed by atoms with Crippen LogP contribution in [0, 0.1) is 0 Å². The fourth-order valence-electron chi connectivity index (χ4n) is 2.28. The van der Waals surface area contributed by atoms with Crippen molar-refractivity contribution in [1.82, 2.24) is 0 Å². The van der Waals surface area contributed by atoms with Gasteiger partial charge in [-0.05, 0) is 6.92 Å². The number of aliphatic hydroxyl groups excluding tert-OH is 7. The Balaban J connectivity index is 2.01. The van der Waals surface area contributed by atoms with Crippen molar-refractivity contribution in [3.05, 3.63) is 0 Å². The molecule has 0 radical (unpaired) electrons. The predicted molar refractivity (Wildman–Crippen MR) is 67.2 cm³/mol. The first kappa shape index (κ1) is 16.5. The third-order valence-corrected chi connectivity index (χ3v) is 3.77. The molecular formula is C12H22O10. The molecule has 0 bridgehead atoms. The van der Waals surface area contributed by atoms with E-state index in [9.17, 15) is 35.7 Å². The molecule has 2 saturated heterocycles. The molecule has 0 aromatic heterocycles. The molecule has 2 fully saturated rings. The summed E-state index contributed by atoms with van der Waals surface area (Å²) >= 11 is 0. The van der Waals surface area contributed by atoms with Gasteiger partial charge in [0.05, 0.1) is 14.1 Å². The highest BCUT2D eigenvalue weighted by atomic mass is 16.7. The largest absolute Gasteiger partial charge is 0.388 e. The summed E-state index contributed by atoms with van der Waals surface area (Å²) in [5.74, 6) is 0. The Morgan fingerprint density at radius 1 is 0.818 bits per heavy atom. The van der Waals surface area contributed by atoms with Crippen molar-refractivity contribution in [2.24, 2.45) is 0 Å². The van der Waals surface area contributed by atoms with E-state index in [-0.39, 0.29) is 0 Å². The van der Waals surface area contributed by atoms with Gasteiger partial charge in [-0.3, -0.25) is 0 Å². The van der Waals surface area contributed by atoms with Crippen LogP contribution in [0.4, 0.5) is 0 Å². The predicted octanol–water partition coefficient (Wildman–Crippen LogP) is -4.37. The summed E-state index contributed by atoms with van der Waals surface area (Å²) in [6.07, 6.45) is -16.6. The summed E-state index contributed by atoms with van der Waals surface area (Å²) in [6, 6.07) is 0. The zero-order chi connectivity index (χ0) is 17.5. The lowest BCUT2D eigenvalue weighted by Gasteiger charge is -2.41. The van der Waals surface area contributed by atoms with Crippen LogP contribution in [0.25, 0.3) is 0 Å². The molecule has 0 saturated carbocycles. The molecule has 0 aromatic rings. The Morgan fingerprint density at radius 3 is 2.05 bits per heavy atom. The average Bonchev–Trinajstić information content (AvgIpc) is 2.51. The molecule has 2 heterocycles. The number of aliphatic hydroxyl groups is 7. The SMILES string of the molecule is [2H][C@@]1(OC[C@H]2O[C@@H](O)[C@H](O)[C@@H](O)[C@@H]2O)O[C@@H](C)[C@H](O)[C@@H](O)[C@H]1O. The van der Waals surface area contributed by atoms with Crippen LogP contribution in [0.2, 0.25) is 0 Å². The molecule has 10 heteroatoms. The van der Waals surface area contributed by atoms with Gasteiger partial charge in [-0.15, -0.1) is 0 Å². The lowest BCUT2D eigenvalue weighted by Crippen LogP contribution is -2.60. The third kappa shape index (κ3) is 3.41. The van der Waals surface area contributed by atoms with Crippen LogP contribution < -0.4 is 0 Å². The molecule has 10 atom stereocenters. The zero-order valence-electron chi connectivity index (χ0n) is 12.8. The summed E-state index contributed by atoms with van der Waals surface area (Å²) < 4.78 is 22.9. The van der Waals surface area contributed by atoms with Crippen LogP contribution in [0.1, 0.15) is 8.29 Å². The number of hydrogen-bond donors (Lipinski definition) is 7. The Morgan fingerprint density at radius 2 is 1.41 bits per heavy atom. The second-order valence-electron chi connectivity index (χ2n) is 5.42. The Kier molecular flexibility index (Phi) is 5.24. The van der Waals surface area contributed by atoms with Crippen molar-refractivity contribution in [3.63, 3.8) is 0 Å². The van der Waals surface area contributed by atoms with Gasteiger partial charge in [0, 0.05) is 0 Å². The molecule has 0 spiro atoms. The molecule has 2 aliphatic heterocycles. The highest BCUT2D eigenvalue weighted by molar-refractivity contribution is 4.90. The van der Waals surface area contributed by atoms with Gasteiger partial charge in [0.2, 0.25) is 0 Å². The van der Waals surface area contributed by atoms with E-state index in [4.69, 9.17) is 15.6 Å². The summed E-state index contributed by atoms with van der Waals surface area (Å²) in [5, 5.41) is 67.2. The van der Waals surface area contributed by atoms with E-state index in [2.05, 4.69) is 0 Å². The van der Waals surface area contributed by atoms with Gasteiger partial charge in [-0.2, -0.15) is 0 Å². The standard InChI is InChI=1S/C12H22O10/c1-3-5(13)7(15)10(18)12(21-3)20-2-4-6(14)8(16)9(17)11(19)22-4/h3-19H,2H2,1H3/t3-,4+,5-,6+,7+,8-,9+,10+,11+,12+/m0/s1/i12D. The van der Waals surface area contributed by atoms with Gasteiger partial charge in [-0.25, -0.2) is 0 Å². The van der Waals surface area contributed by atoms with Gasteiger partial charge in [-0.1, -0.05) is 0 Å². The molecule has 0 aromatic carbocycles. The zero-order valence-corrected chi connectivity index (χ0v) is 11.8. The first-order valence-electron chi connectivity index (χ1n) is 7.32. The maximum Gasteiger partial charge on any atom is 0.186 e. The molecule has 0 aliphatic carbocycles. The fourth-order valence-corrected chi connectivity index (χ4v) is 2.28. The van der Waals surface area contributed by atoms with Crippen molar-refractivity contribution in [2.75, 3.05) is 6.61 Å². The lowest BCUT2D eigenvalue weighted by atomic mass is 9.99. The second kappa shape index (κ2) is 7.01. The van der Waals surface area contributed by atoms with E-state index in [1.54, 1.807) is 0 Å². The Bertz CT molecular complexity index is 413. The van der Waals surface area contributed by atoms with Crippen molar-refractivity contribution in [2.45, 2.75) is 68.3 Å². The number of ether oxygens (including phenoxy) is 3. The van der Waals surface area contributed by atoms with Crippen molar-refractivity contribution in [1.29, 1.82) is 0 Å². The normalized spacial score (nSPS) is 57.5. The van der Waals surface area contributed by atoms with Crippen molar-refractivity contribution in [3.8, 4) is 0 Å². The molecule has 2 aliphatic rings. The highest BCUT2D eigenvalue weighted by Crippen LogP contribution is 2.24. The van der Waals surface area contributed by atoms with Crippen LogP contribution in [0.5, 0.6) is 0 Å². The summed E-state index contributed by atoms with van der Waals surface area (Å²) in [4.78, 5) is 0. The van der Waals surface area contributed by atoms with E-state index in [0.717, 1.165) is 0 Å². The van der Waals surface area contributed by atoms with Crippen molar-refractivity contribution >= 4 is 0 Å². The molecule has 22 heavy (non-hydrogen) atoms. The van der Waals surface area contributed by atoms with E-state index in [0.29, 0.717) is 0 Å². The number of rotatable bonds is 3. The van der Waals surface area contributed by atoms with E-state index >= 15 is 0 Å². The first-order chi connectivity index (χ1) is 10.6. The topological polar surface area (TPSA) is 169 Å². The Labute approximate surface area is 127 Å². The first-order valence-corrected chi connectivity index (χ1v) is 6.82. The highest BCUT2D eigenvalue weighted by Gasteiger charge is 2.45. The van der Waals surface area contributed by atoms with E-state index < -0.39 is 68.0 Å². The maximum atomic E-state index is 9.84. The van der Waals surface area contributed by atoms with Gasteiger partial charge in [0.15, 0.2) is 12.6 Å². The van der Waals surface area contributed by atoms with Gasteiger partial charge >= 0.3 is 0 Å². The quantitative estimate of drug-likeness (QED) is 0.269. The fraction of sp³-hybridized carbons (Fsp3) is 1.00. The second-order valence-corrected chi connectivity index (χ2v) is 5.42. The monoisotopic (exact) mass is 327 g/mol. The number of hydrogen-bond acceptors (Lipinski definition) is 10.